The maximum atomic E-state index is 14.7. The summed E-state index contributed by atoms with van der Waals surface area (Å²) in [6.07, 6.45) is 1.14. The number of aryl methyl sites for hydroxylation is 3. The van der Waals surface area contributed by atoms with E-state index in [1.165, 1.54) is 0 Å². The molecule has 0 saturated carbocycles. The molecule has 1 atom stereocenters. The van der Waals surface area contributed by atoms with Gasteiger partial charge in [0.15, 0.2) is 5.60 Å². The molecule has 0 heterocycles. The van der Waals surface area contributed by atoms with Crippen LogP contribution in [0.25, 0.3) is 5.70 Å². The normalized spacial score (nSPS) is 14.2. The number of alkyl halides is 2. The Labute approximate surface area is 176 Å². The fraction of sp³-hybridized carbons (Fsp3) is 0.375. The minimum atomic E-state index is -3.45. The van der Waals surface area contributed by atoms with Gasteiger partial charge in [-0.3, -0.25) is 0 Å². The third-order valence-corrected chi connectivity index (χ3v) is 4.99. The van der Waals surface area contributed by atoms with Gasteiger partial charge in [-0.1, -0.05) is 35.4 Å². The van der Waals surface area contributed by atoms with Gasteiger partial charge in [0.05, 0.1) is 12.2 Å². The maximum absolute atomic E-state index is 14.7. The highest BCUT2D eigenvalue weighted by Gasteiger charge is 2.49. The molecule has 2 rings (SSSR count). The lowest BCUT2D eigenvalue weighted by Gasteiger charge is -2.33. The molecule has 0 bridgehead atoms. The molecular formula is C24H29F2NO3. The van der Waals surface area contributed by atoms with Gasteiger partial charge >= 0.3 is 5.97 Å². The summed E-state index contributed by atoms with van der Waals surface area (Å²) in [7, 11) is 1.59. The minimum absolute atomic E-state index is 0.111. The Morgan fingerprint density at radius 3 is 2.20 bits per heavy atom. The van der Waals surface area contributed by atoms with Gasteiger partial charge in [0.1, 0.15) is 0 Å². The van der Waals surface area contributed by atoms with E-state index < -0.39 is 17.5 Å². The van der Waals surface area contributed by atoms with Crippen molar-refractivity contribution >= 4 is 11.7 Å². The third kappa shape index (κ3) is 4.87. The maximum Gasteiger partial charge on any atom is 0.338 e. The lowest BCUT2D eigenvalue weighted by Crippen LogP contribution is -2.42. The molecule has 162 valence electrons. The Morgan fingerprint density at radius 1 is 1.13 bits per heavy atom. The Balaban J connectivity index is 2.61. The molecule has 0 aliphatic carbocycles. The number of hydrogen-bond acceptors (Lipinski definition) is 4. The van der Waals surface area contributed by atoms with E-state index in [4.69, 9.17) is 4.74 Å². The van der Waals surface area contributed by atoms with Crippen LogP contribution in [0.1, 0.15) is 52.0 Å². The number of ether oxygens (including phenoxy) is 1. The average Bonchev–Trinajstić information content (AvgIpc) is 2.64. The molecule has 1 unspecified atom stereocenters. The Bertz CT molecular complexity index is 943. The Morgan fingerprint density at radius 2 is 1.73 bits per heavy atom. The number of rotatable bonds is 7. The number of nitrogens with one attached hydrogen (secondary N) is 1. The first-order chi connectivity index (χ1) is 13.9. The highest BCUT2D eigenvalue weighted by Crippen LogP contribution is 2.41. The van der Waals surface area contributed by atoms with Crippen LogP contribution in [0.3, 0.4) is 0 Å². The second kappa shape index (κ2) is 8.96. The summed E-state index contributed by atoms with van der Waals surface area (Å²) in [6, 6.07) is 9.90. The number of halogens is 2. The zero-order chi connectivity index (χ0) is 22.7. The van der Waals surface area contributed by atoms with E-state index in [2.05, 4.69) is 5.32 Å². The molecule has 2 aromatic carbocycles. The summed E-state index contributed by atoms with van der Waals surface area (Å²) in [5.74, 6) is -3.89. The molecule has 0 saturated heterocycles. The Hall–Kier alpha value is -2.73. The standard InChI is InChI=1S/C24H29F2NO3/c1-7-30-22(28)20-9-8-18(13-17(20)4)21(27-6)14-24(29,23(5,25)26)19-11-15(2)10-16(3)12-19/h8-14,27,29H,7H2,1-6H3/b21-14-. The lowest BCUT2D eigenvalue weighted by molar-refractivity contribution is -0.146. The third-order valence-electron chi connectivity index (χ3n) is 4.99. The van der Waals surface area contributed by atoms with Gasteiger partial charge in [0.25, 0.3) is 5.92 Å². The zero-order valence-corrected chi connectivity index (χ0v) is 18.3. The van der Waals surface area contributed by atoms with Crippen LogP contribution in [-0.4, -0.2) is 30.7 Å². The van der Waals surface area contributed by atoms with Crippen molar-refractivity contribution in [3.63, 3.8) is 0 Å². The van der Waals surface area contributed by atoms with Gasteiger partial charge < -0.3 is 15.2 Å². The fourth-order valence-electron chi connectivity index (χ4n) is 3.44. The number of aliphatic hydroxyl groups is 1. The number of hydrogen-bond donors (Lipinski definition) is 2. The summed E-state index contributed by atoms with van der Waals surface area (Å²) < 4.78 is 34.4. The van der Waals surface area contributed by atoms with E-state index >= 15 is 0 Å². The first-order valence-electron chi connectivity index (χ1n) is 9.80. The van der Waals surface area contributed by atoms with Crippen molar-refractivity contribution in [2.24, 2.45) is 0 Å². The van der Waals surface area contributed by atoms with Crippen LogP contribution in [0, 0.1) is 20.8 Å². The first kappa shape index (κ1) is 23.5. The summed E-state index contributed by atoms with van der Waals surface area (Å²) in [6.45, 7) is 8.02. The second-order valence-electron chi connectivity index (χ2n) is 7.59. The molecule has 0 fully saturated rings. The number of benzene rings is 2. The lowest BCUT2D eigenvalue weighted by atomic mass is 9.84. The van der Waals surface area contributed by atoms with Crippen LogP contribution in [0.5, 0.6) is 0 Å². The summed E-state index contributed by atoms with van der Waals surface area (Å²) in [5.41, 5.74) is 1.07. The smallest absolute Gasteiger partial charge is 0.338 e. The van der Waals surface area contributed by atoms with Crippen LogP contribution in [-0.2, 0) is 10.3 Å². The van der Waals surface area contributed by atoms with Gasteiger partial charge in [0.2, 0.25) is 0 Å². The van der Waals surface area contributed by atoms with Crippen LogP contribution < -0.4 is 5.32 Å². The summed E-state index contributed by atoms with van der Waals surface area (Å²) >= 11 is 0. The molecule has 0 aliphatic heterocycles. The molecule has 0 radical (unpaired) electrons. The predicted molar refractivity (Wildman–Crippen MR) is 115 cm³/mol. The minimum Gasteiger partial charge on any atom is -0.462 e. The molecule has 4 nitrogen and oxygen atoms in total. The molecule has 2 aromatic rings. The molecule has 0 amide bonds. The van der Waals surface area contributed by atoms with Crippen molar-refractivity contribution in [2.45, 2.75) is 46.1 Å². The molecule has 6 heteroatoms. The monoisotopic (exact) mass is 417 g/mol. The zero-order valence-electron chi connectivity index (χ0n) is 18.3. The number of carbonyl (C=O) groups is 1. The Kier molecular flexibility index (Phi) is 7.03. The van der Waals surface area contributed by atoms with Crippen molar-refractivity contribution in [1.82, 2.24) is 5.32 Å². The van der Waals surface area contributed by atoms with Gasteiger partial charge in [-0.2, -0.15) is 0 Å². The highest BCUT2D eigenvalue weighted by atomic mass is 19.3. The van der Waals surface area contributed by atoms with E-state index in [0.29, 0.717) is 29.3 Å². The van der Waals surface area contributed by atoms with E-state index in [9.17, 15) is 18.7 Å². The van der Waals surface area contributed by atoms with Crippen molar-refractivity contribution < 1.29 is 23.4 Å². The van der Waals surface area contributed by atoms with E-state index in [0.717, 1.165) is 17.2 Å². The van der Waals surface area contributed by atoms with Crippen molar-refractivity contribution in [1.29, 1.82) is 0 Å². The quantitative estimate of drug-likeness (QED) is 0.630. The molecule has 2 N–H and O–H groups in total. The van der Waals surface area contributed by atoms with E-state index in [1.807, 2.05) is 6.07 Å². The van der Waals surface area contributed by atoms with Gasteiger partial charge in [-0.25, -0.2) is 13.6 Å². The molecular weight excluding hydrogens is 388 g/mol. The highest BCUT2D eigenvalue weighted by molar-refractivity contribution is 5.91. The number of esters is 1. The van der Waals surface area contributed by atoms with E-state index in [-0.39, 0.29) is 12.2 Å². The van der Waals surface area contributed by atoms with Gasteiger partial charge in [0, 0.05) is 19.7 Å². The van der Waals surface area contributed by atoms with Gasteiger partial charge in [-0.05, 0) is 62.6 Å². The van der Waals surface area contributed by atoms with Crippen LogP contribution in [0.2, 0.25) is 0 Å². The van der Waals surface area contributed by atoms with Crippen molar-refractivity contribution in [2.75, 3.05) is 13.7 Å². The van der Waals surface area contributed by atoms with Crippen LogP contribution >= 0.6 is 0 Å². The predicted octanol–water partition coefficient (Wildman–Crippen LogP) is 4.89. The van der Waals surface area contributed by atoms with Crippen molar-refractivity contribution in [3.05, 3.63) is 75.9 Å². The van der Waals surface area contributed by atoms with Gasteiger partial charge in [-0.15, -0.1) is 0 Å². The average molecular weight is 417 g/mol. The molecule has 0 aromatic heterocycles. The number of carbonyl (C=O) groups excluding carboxylic acids is 1. The van der Waals surface area contributed by atoms with Crippen LogP contribution in [0.4, 0.5) is 8.78 Å². The first-order valence-corrected chi connectivity index (χ1v) is 9.80. The van der Waals surface area contributed by atoms with Crippen molar-refractivity contribution in [3.8, 4) is 0 Å². The van der Waals surface area contributed by atoms with Crippen LogP contribution in [0.15, 0.2) is 42.5 Å². The topological polar surface area (TPSA) is 58.6 Å². The second-order valence-corrected chi connectivity index (χ2v) is 7.59. The fourth-order valence-corrected chi connectivity index (χ4v) is 3.44. The SMILES string of the molecule is CCOC(=O)c1ccc(/C(=C/C(O)(c2cc(C)cc(C)c2)C(C)(F)F)NC)cc1C. The summed E-state index contributed by atoms with van der Waals surface area (Å²) in [4.78, 5) is 12.0. The summed E-state index contributed by atoms with van der Waals surface area (Å²) in [5, 5.41) is 14.1. The largest absolute Gasteiger partial charge is 0.462 e. The van der Waals surface area contributed by atoms with E-state index in [1.54, 1.807) is 65.1 Å². The molecule has 0 aliphatic rings. The molecule has 0 spiro atoms. The molecule has 30 heavy (non-hydrogen) atoms.